The van der Waals surface area contributed by atoms with Crippen LogP contribution in [0.2, 0.25) is 0 Å². The molecular weight excluding hydrogens is 321 g/mol. The Hall–Kier alpha value is -2.73. The molecule has 2 amide bonds. The van der Waals surface area contributed by atoms with Gasteiger partial charge in [-0.2, -0.15) is 0 Å². The van der Waals surface area contributed by atoms with Gasteiger partial charge in [-0.1, -0.05) is 24.3 Å². The number of benzene rings is 2. The topological polar surface area (TPSA) is 84.2 Å². The van der Waals surface area contributed by atoms with E-state index in [1.165, 1.54) is 18.2 Å². The minimum Gasteiger partial charge on any atom is -0.352 e. The monoisotopic (exact) mass is 343 g/mol. The summed E-state index contributed by atoms with van der Waals surface area (Å²) in [5.41, 5.74) is 6.81. The van der Waals surface area contributed by atoms with E-state index in [2.05, 4.69) is 10.6 Å². The first-order chi connectivity index (χ1) is 12.0. The van der Waals surface area contributed by atoms with Crippen molar-refractivity contribution in [2.75, 3.05) is 18.4 Å². The van der Waals surface area contributed by atoms with Gasteiger partial charge in [0.1, 0.15) is 5.82 Å². The number of nitrogens with one attached hydrogen (secondary N) is 2. The van der Waals surface area contributed by atoms with Crippen LogP contribution in [0.25, 0.3) is 0 Å². The molecule has 0 radical (unpaired) electrons. The Morgan fingerprint density at radius 2 is 1.72 bits per heavy atom. The molecule has 25 heavy (non-hydrogen) atoms. The van der Waals surface area contributed by atoms with Gasteiger partial charge in [0.05, 0.1) is 16.8 Å². The molecule has 132 valence electrons. The quantitative estimate of drug-likeness (QED) is 0.676. The molecule has 0 fully saturated rings. The SMILES string of the molecule is Cc1cccc(C(=O)NCCCCN)c1NC(=O)c1ccccc1F. The number of carbonyl (C=O) groups is 2. The minimum atomic E-state index is -0.610. The summed E-state index contributed by atoms with van der Waals surface area (Å²) >= 11 is 0. The third-order valence-electron chi connectivity index (χ3n) is 3.79. The van der Waals surface area contributed by atoms with E-state index in [4.69, 9.17) is 5.73 Å². The molecule has 0 unspecified atom stereocenters. The van der Waals surface area contributed by atoms with E-state index in [9.17, 15) is 14.0 Å². The molecule has 0 spiro atoms. The summed E-state index contributed by atoms with van der Waals surface area (Å²) in [6.07, 6.45) is 1.61. The molecule has 0 aromatic heterocycles. The number of hydrogen-bond acceptors (Lipinski definition) is 3. The average Bonchev–Trinajstić information content (AvgIpc) is 2.60. The van der Waals surface area contributed by atoms with Gasteiger partial charge in [-0.25, -0.2) is 4.39 Å². The second-order valence-electron chi connectivity index (χ2n) is 5.68. The Bertz CT molecular complexity index is 762. The number of rotatable bonds is 7. The maximum Gasteiger partial charge on any atom is 0.258 e. The molecule has 0 heterocycles. The van der Waals surface area contributed by atoms with Crippen LogP contribution in [0, 0.1) is 12.7 Å². The normalized spacial score (nSPS) is 10.4. The lowest BCUT2D eigenvalue weighted by Crippen LogP contribution is -2.27. The van der Waals surface area contributed by atoms with E-state index in [0.717, 1.165) is 18.4 Å². The van der Waals surface area contributed by atoms with Crippen LogP contribution in [0.3, 0.4) is 0 Å². The number of para-hydroxylation sites is 1. The van der Waals surface area contributed by atoms with Crippen LogP contribution >= 0.6 is 0 Å². The maximum absolute atomic E-state index is 13.8. The summed E-state index contributed by atoms with van der Waals surface area (Å²) in [6.45, 7) is 2.86. The smallest absolute Gasteiger partial charge is 0.258 e. The minimum absolute atomic E-state index is 0.0694. The zero-order chi connectivity index (χ0) is 18.2. The fourth-order valence-electron chi connectivity index (χ4n) is 2.42. The zero-order valence-electron chi connectivity index (χ0n) is 14.1. The van der Waals surface area contributed by atoms with Gasteiger partial charge in [-0.05, 0) is 50.1 Å². The van der Waals surface area contributed by atoms with E-state index < -0.39 is 11.7 Å². The second-order valence-corrected chi connectivity index (χ2v) is 5.68. The molecule has 0 bridgehead atoms. The van der Waals surface area contributed by atoms with Gasteiger partial charge in [-0.15, -0.1) is 0 Å². The Balaban J connectivity index is 2.19. The highest BCUT2D eigenvalue weighted by Gasteiger charge is 2.17. The Kier molecular flexibility index (Phi) is 6.65. The van der Waals surface area contributed by atoms with Crippen LogP contribution in [0.5, 0.6) is 0 Å². The highest BCUT2D eigenvalue weighted by molar-refractivity contribution is 6.09. The van der Waals surface area contributed by atoms with Crippen molar-refractivity contribution in [3.05, 3.63) is 65.0 Å². The molecule has 0 aliphatic carbocycles. The molecule has 0 aliphatic rings. The largest absolute Gasteiger partial charge is 0.352 e. The predicted octanol–water partition coefficient (Wildman–Crippen LogP) is 2.86. The van der Waals surface area contributed by atoms with Crippen molar-refractivity contribution in [1.82, 2.24) is 5.32 Å². The molecule has 0 saturated heterocycles. The van der Waals surface area contributed by atoms with Gasteiger partial charge in [0, 0.05) is 6.54 Å². The fourth-order valence-corrected chi connectivity index (χ4v) is 2.42. The van der Waals surface area contributed by atoms with E-state index in [0.29, 0.717) is 24.3 Å². The van der Waals surface area contributed by atoms with E-state index in [1.807, 2.05) is 0 Å². The molecule has 2 aromatic carbocycles. The molecule has 0 aliphatic heterocycles. The van der Waals surface area contributed by atoms with Crippen LogP contribution in [0.4, 0.5) is 10.1 Å². The van der Waals surface area contributed by atoms with Crippen molar-refractivity contribution in [3.63, 3.8) is 0 Å². The molecule has 2 rings (SSSR count). The third-order valence-corrected chi connectivity index (χ3v) is 3.79. The van der Waals surface area contributed by atoms with Gasteiger partial charge in [0.2, 0.25) is 0 Å². The predicted molar refractivity (Wildman–Crippen MR) is 96.2 cm³/mol. The Labute approximate surface area is 146 Å². The summed E-state index contributed by atoms with van der Waals surface area (Å²) in [5, 5.41) is 5.46. The first kappa shape index (κ1) is 18.6. The molecule has 6 heteroatoms. The van der Waals surface area contributed by atoms with E-state index in [-0.39, 0.29) is 11.5 Å². The van der Waals surface area contributed by atoms with Crippen molar-refractivity contribution in [2.24, 2.45) is 5.73 Å². The van der Waals surface area contributed by atoms with E-state index in [1.54, 1.807) is 31.2 Å². The number of halogens is 1. The number of carbonyl (C=O) groups excluding carboxylic acids is 2. The van der Waals surface area contributed by atoms with Crippen molar-refractivity contribution in [2.45, 2.75) is 19.8 Å². The molecule has 4 N–H and O–H groups in total. The lowest BCUT2D eigenvalue weighted by atomic mass is 10.1. The molecule has 0 saturated carbocycles. The summed E-state index contributed by atoms with van der Waals surface area (Å²) in [4.78, 5) is 24.8. The number of aryl methyl sites for hydroxylation is 1. The summed E-state index contributed by atoms with van der Waals surface area (Å²) in [5.74, 6) is -1.49. The standard InChI is InChI=1S/C19H22FN3O2/c1-13-7-6-9-15(18(24)22-12-5-4-11-21)17(13)23-19(25)14-8-2-3-10-16(14)20/h2-3,6-10H,4-5,11-12,21H2,1H3,(H,22,24)(H,23,25). The van der Waals surface area contributed by atoms with Crippen molar-refractivity contribution in [1.29, 1.82) is 0 Å². The van der Waals surface area contributed by atoms with Gasteiger partial charge < -0.3 is 16.4 Å². The van der Waals surface area contributed by atoms with Crippen molar-refractivity contribution in [3.8, 4) is 0 Å². The van der Waals surface area contributed by atoms with Gasteiger partial charge in [0.15, 0.2) is 0 Å². The first-order valence-corrected chi connectivity index (χ1v) is 8.18. The number of amides is 2. The van der Waals surface area contributed by atoms with Crippen molar-refractivity contribution < 1.29 is 14.0 Å². The zero-order valence-corrected chi connectivity index (χ0v) is 14.1. The highest BCUT2D eigenvalue weighted by atomic mass is 19.1. The van der Waals surface area contributed by atoms with Crippen LogP contribution in [-0.4, -0.2) is 24.9 Å². The Morgan fingerprint density at radius 1 is 1.00 bits per heavy atom. The first-order valence-electron chi connectivity index (χ1n) is 8.18. The average molecular weight is 343 g/mol. The molecule has 2 aromatic rings. The summed E-state index contributed by atoms with van der Waals surface area (Å²) < 4.78 is 13.8. The van der Waals surface area contributed by atoms with E-state index >= 15 is 0 Å². The molecule has 5 nitrogen and oxygen atoms in total. The third kappa shape index (κ3) is 4.87. The maximum atomic E-state index is 13.8. The lowest BCUT2D eigenvalue weighted by molar-refractivity contribution is 0.0954. The molecular formula is C19H22FN3O2. The lowest BCUT2D eigenvalue weighted by Gasteiger charge is -2.14. The van der Waals surface area contributed by atoms with Crippen LogP contribution in [0.15, 0.2) is 42.5 Å². The summed E-state index contributed by atoms with van der Waals surface area (Å²) in [6, 6.07) is 10.9. The van der Waals surface area contributed by atoms with Crippen LogP contribution < -0.4 is 16.4 Å². The van der Waals surface area contributed by atoms with Crippen LogP contribution in [0.1, 0.15) is 39.1 Å². The van der Waals surface area contributed by atoms with Gasteiger partial charge in [-0.3, -0.25) is 9.59 Å². The summed E-state index contributed by atoms with van der Waals surface area (Å²) in [7, 11) is 0. The van der Waals surface area contributed by atoms with Crippen molar-refractivity contribution >= 4 is 17.5 Å². The number of anilines is 1. The van der Waals surface area contributed by atoms with Gasteiger partial charge in [0.25, 0.3) is 11.8 Å². The Morgan fingerprint density at radius 3 is 2.44 bits per heavy atom. The highest BCUT2D eigenvalue weighted by Crippen LogP contribution is 2.22. The number of nitrogens with two attached hydrogens (primary N) is 1. The number of hydrogen-bond donors (Lipinski definition) is 3. The van der Waals surface area contributed by atoms with Crippen LogP contribution in [-0.2, 0) is 0 Å². The fraction of sp³-hybridized carbons (Fsp3) is 0.263. The molecule has 0 atom stereocenters. The van der Waals surface area contributed by atoms with Gasteiger partial charge >= 0.3 is 0 Å². The second kappa shape index (κ2) is 8.94. The number of unbranched alkanes of at least 4 members (excludes halogenated alkanes) is 1.